The molecule has 1 aromatic carbocycles. The standard InChI is InChI=1S/C12H18N2O5S2/c1-20(16,17)10-4-5-11(13)12(7-10)21(18,19)14-6-2-3-9(14)8-15/h4-5,7,9,15H,2-3,6,8,13H2,1H3. The van der Waals surface area contributed by atoms with E-state index in [1.165, 1.54) is 16.4 Å². The Bertz CT molecular complexity index is 743. The van der Waals surface area contributed by atoms with E-state index in [0.717, 1.165) is 12.3 Å². The van der Waals surface area contributed by atoms with E-state index in [0.29, 0.717) is 12.8 Å². The van der Waals surface area contributed by atoms with Gasteiger partial charge in [-0.25, -0.2) is 16.8 Å². The van der Waals surface area contributed by atoms with Gasteiger partial charge in [0.1, 0.15) is 4.90 Å². The van der Waals surface area contributed by atoms with Gasteiger partial charge in [-0.05, 0) is 31.0 Å². The van der Waals surface area contributed by atoms with Crippen LogP contribution in [0.1, 0.15) is 12.8 Å². The Morgan fingerprint density at radius 1 is 1.33 bits per heavy atom. The first-order chi connectivity index (χ1) is 9.67. The quantitative estimate of drug-likeness (QED) is 0.737. The Hall–Kier alpha value is -1.16. The smallest absolute Gasteiger partial charge is 0.245 e. The van der Waals surface area contributed by atoms with Crippen molar-refractivity contribution in [1.29, 1.82) is 0 Å². The molecular formula is C12H18N2O5S2. The molecule has 3 N–H and O–H groups in total. The van der Waals surface area contributed by atoms with E-state index in [4.69, 9.17) is 5.73 Å². The second-order valence-corrected chi connectivity index (χ2v) is 8.94. The van der Waals surface area contributed by atoms with Crippen LogP contribution in [0.4, 0.5) is 5.69 Å². The number of sulfonamides is 1. The molecule has 1 heterocycles. The predicted octanol–water partition coefficient (Wildman–Crippen LogP) is -0.182. The minimum Gasteiger partial charge on any atom is -0.398 e. The van der Waals surface area contributed by atoms with Gasteiger partial charge >= 0.3 is 0 Å². The van der Waals surface area contributed by atoms with Crippen LogP contribution in [0.5, 0.6) is 0 Å². The van der Waals surface area contributed by atoms with Gasteiger partial charge in [-0.15, -0.1) is 0 Å². The summed E-state index contributed by atoms with van der Waals surface area (Å²) in [5.41, 5.74) is 5.70. The Kier molecular flexibility index (Phi) is 4.29. The predicted molar refractivity (Wildman–Crippen MR) is 78.0 cm³/mol. The van der Waals surface area contributed by atoms with Gasteiger partial charge in [0.2, 0.25) is 10.0 Å². The molecule has 0 bridgehead atoms. The number of aliphatic hydroxyl groups excluding tert-OH is 1. The SMILES string of the molecule is CS(=O)(=O)c1ccc(N)c(S(=O)(=O)N2CCCC2CO)c1. The topological polar surface area (TPSA) is 118 Å². The van der Waals surface area contributed by atoms with Crippen LogP contribution in [0, 0.1) is 0 Å². The number of rotatable bonds is 4. The third kappa shape index (κ3) is 3.05. The van der Waals surface area contributed by atoms with E-state index in [9.17, 15) is 21.9 Å². The minimum atomic E-state index is -3.93. The molecule has 1 aromatic rings. The molecule has 0 saturated carbocycles. The fourth-order valence-electron chi connectivity index (χ4n) is 2.40. The van der Waals surface area contributed by atoms with E-state index in [2.05, 4.69) is 0 Å². The minimum absolute atomic E-state index is 0.00834. The van der Waals surface area contributed by atoms with Crippen molar-refractivity contribution in [2.75, 3.05) is 25.1 Å². The number of benzene rings is 1. The zero-order chi connectivity index (χ0) is 15.8. The molecule has 1 aliphatic heterocycles. The van der Waals surface area contributed by atoms with Crippen LogP contribution in [-0.4, -0.2) is 51.7 Å². The summed E-state index contributed by atoms with van der Waals surface area (Å²) in [6, 6.07) is 3.13. The molecule has 0 aromatic heterocycles. The van der Waals surface area contributed by atoms with E-state index < -0.39 is 25.9 Å². The maximum absolute atomic E-state index is 12.6. The van der Waals surface area contributed by atoms with E-state index in [1.54, 1.807) is 0 Å². The molecule has 1 aliphatic rings. The van der Waals surface area contributed by atoms with E-state index in [1.807, 2.05) is 0 Å². The van der Waals surface area contributed by atoms with Gasteiger partial charge in [0.15, 0.2) is 9.84 Å². The Balaban J connectivity index is 2.54. The van der Waals surface area contributed by atoms with Gasteiger partial charge in [0.05, 0.1) is 17.2 Å². The summed E-state index contributed by atoms with van der Waals surface area (Å²) >= 11 is 0. The molecule has 1 atom stereocenters. The summed E-state index contributed by atoms with van der Waals surface area (Å²) in [4.78, 5) is -0.333. The first-order valence-electron chi connectivity index (χ1n) is 6.40. The highest BCUT2D eigenvalue weighted by Crippen LogP contribution is 2.30. The van der Waals surface area contributed by atoms with Gasteiger partial charge in [-0.3, -0.25) is 0 Å². The maximum Gasteiger partial charge on any atom is 0.245 e. The summed E-state index contributed by atoms with van der Waals surface area (Å²) in [5.74, 6) is 0. The number of hydrogen-bond donors (Lipinski definition) is 2. The number of anilines is 1. The highest BCUT2D eigenvalue weighted by atomic mass is 32.2. The molecule has 1 unspecified atom stereocenters. The maximum atomic E-state index is 12.6. The van der Waals surface area contributed by atoms with E-state index in [-0.39, 0.29) is 28.6 Å². The van der Waals surface area contributed by atoms with Crippen molar-refractivity contribution in [1.82, 2.24) is 4.31 Å². The summed E-state index contributed by atoms with van der Waals surface area (Å²) in [6.45, 7) is 0.0149. The Morgan fingerprint density at radius 2 is 2.00 bits per heavy atom. The second-order valence-electron chi connectivity index (χ2n) is 5.07. The fraction of sp³-hybridized carbons (Fsp3) is 0.500. The lowest BCUT2D eigenvalue weighted by atomic mass is 10.2. The molecular weight excluding hydrogens is 316 g/mol. The average Bonchev–Trinajstić information content (AvgIpc) is 2.86. The van der Waals surface area contributed by atoms with Gasteiger partial charge in [0.25, 0.3) is 0 Å². The number of hydrogen-bond acceptors (Lipinski definition) is 6. The summed E-state index contributed by atoms with van der Waals surface area (Å²) in [6.07, 6.45) is 2.22. The van der Waals surface area contributed by atoms with Crippen molar-refractivity contribution in [3.05, 3.63) is 18.2 Å². The third-order valence-electron chi connectivity index (χ3n) is 3.53. The molecule has 21 heavy (non-hydrogen) atoms. The summed E-state index contributed by atoms with van der Waals surface area (Å²) < 4.78 is 49.6. The molecule has 0 aliphatic carbocycles. The molecule has 9 heteroatoms. The molecule has 118 valence electrons. The monoisotopic (exact) mass is 334 g/mol. The lowest BCUT2D eigenvalue weighted by Gasteiger charge is -2.23. The summed E-state index contributed by atoms with van der Waals surface area (Å²) in [5, 5.41) is 9.27. The van der Waals surface area contributed by atoms with Crippen molar-refractivity contribution >= 4 is 25.5 Å². The Labute approximate surface area is 124 Å². The number of aliphatic hydroxyl groups is 1. The van der Waals surface area contributed by atoms with Crippen molar-refractivity contribution in [3.63, 3.8) is 0 Å². The first-order valence-corrected chi connectivity index (χ1v) is 9.73. The van der Waals surface area contributed by atoms with Gasteiger partial charge in [-0.2, -0.15) is 4.31 Å². The zero-order valence-electron chi connectivity index (χ0n) is 11.6. The normalized spacial score (nSPS) is 20.8. The molecule has 1 fully saturated rings. The van der Waals surface area contributed by atoms with Crippen LogP contribution in [-0.2, 0) is 19.9 Å². The highest BCUT2D eigenvalue weighted by Gasteiger charge is 2.36. The fourth-order valence-corrected chi connectivity index (χ4v) is 4.95. The van der Waals surface area contributed by atoms with Crippen molar-refractivity contribution in [3.8, 4) is 0 Å². The van der Waals surface area contributed by atoms with Crippen LogP contribution in [0.2, 0.25) is 0 Å². The lowest BCUT2D eigenvalue weighted by molar-refractivity contribution is 0.213. The largest absolute Gasteiger partial charge is 0.398 e. The van der Waals surface area contributed by atoms with Crippen molar-refractivity contribution in [2.24, 2.45) is 0 Å². The molecule has 7 nitrogen and oxygen atoms in total. The van der Waals surface area contributed by atoms with Crippen LogP contribution in [0.25, 0.3) is 0 Å². The summed E-state index contributed by atoms with van der Waals surface area (Å²) in [7, 11) is -7.46. The number of sulfone groups is 1. The van der Waals surface area contributed by atoms with Crippen molar-refractivity contribution < 1.29 is 21.9 Å². The molecule has 1 saturated heterocycles. The zero-order valence-corrected chi connectivity index (χ0v) is 13.2. The van der Waals surface area contributed by atoms with Crippen molar-refractivity contribution in [2.45, 2.75) is 28.7 Å². The van der Waals surface area contributed by atoms with Gasteiger partial charge in [-0.1, -0.05) is 0 Å². The van der Waals surface area contributed by atoms with Crippen LogP contribution in [0.15, 0.2) is 28.0 Å². The molecule has 2 rings (SSSR count). The second kappa shape index (κ2) is 5.56. The lowest BCUT2D eigenvalue weighted by Crippen LogP contribution is -2.37. The van der Waals surface area contributed by atoms with Crippen LogP contribution < -0.4 is 5.73 Å². The van der Waals surface area contributed by atoms with Crippen LogP contribution >= 0.6 is 0 Å². The number of nitrogens with two attached hydrogens (primary N) is 1. The molecule has 0 spiro atoms. The third-order valence-corrected chi connectivity index (χ3v) is 6.65. The van der Waals surface area contributed by atoms with E-state index >= 15 is 0 Å². The van der Waals surface area contributed by atoms with Gasteiger partial charge < -0.3 is 10.8 Å². The number of nitrogen functional groups attached to an aromatic ring is 1. The average molecular weight is 334 g/mol. The molecule has 0 amide bonds. The number of nitrogens with zero attached hydrogens (tertiary/aromatic N) is 1. The Morgan fingerprint density at radius 3 is 2.57 bits per heavy atom. The van der Waals surface area contributed by atoms with Gasteiger partial charge in [0, 0.05) is 18.8 Å². The first kappa shape index (κ1) is 16.2. The molecule has 0 radical (unpaired) electrons. The highest BCUT2D eigenvalue weighted by molar-refractivity contribution is 7.91. The van der Waals surface area contributed by atoms with Crippen LogP contribution in [0.3, 0.4) is 0 Å².